The third-order valence-corrected chi connectivity index (χ3v) is 5.56. The van der Waals surface area contributed by atoms with Crippen molar-refractivity contribution in [3.63, 3.8) is 0 Å². The summed E-state index contributed by atoms with van der Waals surface area (Å²) in [6, 6.07) is 8.30. The number of benzene rings is 1. The van der Waals surface area contributed by atoms with Crippen LogP contribution < -0.4 is 10.1 Å². The Hall–Kier alpha value is -1.79. The Labute approximate surface area is 169 Å². The summed E-state index contributed by atoms with van der Waals surface area (Å²) in [7, 11) is 1.87. The van der Waals surface area contributed by atoms with Gasteiger partial charge in [0.05, 0.1) is 13.2 Å². The van der Waals surface area contributed by atoms with E-state index in [1.54, 1.807) is 0 Å². The van der Waals surface area contributed by atoms with E-state index in [4.69, 9.17) is 9.47 Å². The maximum Gasteiger partial charge on any atom is 0.193 e. The largest absolute Gasteiger partial charge is 0.492 e. The van der Waals surface area contributed by atoms with Gasteiger partial charge in [-0.1, -0.05) is 32.0 Å². The number of rotatable bonds is 6. The van der Waals surface area contributed by atoms with Crippen LogP contribution in [0.15, 0.2) is 29.3 Å². The Morgan fingerprint density at radius 3 is 2.61 bits per heavy atom. The third kappa shape index (κ3) is 6.11. The van der Waals surface area contributed by atoms with Crippen LogP contribution in [0, 0.1) is 11.8 Å². The van der Waals surface area contributed by atoms with Gasteiger partial charge in [-0.15, -0.1) is 0 Å². The molecule has 2 unspecified atom stereocenters. The summed E-state index contributed by atoms with van der Waals surface area (Å²) in [5.74, 6) is 3.36. The molecule has 2 fully saturated rings. The highest BCUT2D eigenvalue weighted by Crippen LogP contribution is 2.22. The van der Waals surface area contributed by atoms with E-state index in [9.17, 15) is 0 Å². The summed E-state index contributed by atoms with van der Waals surface area (Å²) in [6.07, 6.45) is 1.30. The second kappa shape index (κ2) is 10.7. The Kier molecular flexibility index (Phi) is 7.98. The molecule has 2 heterocycles. The minimum absolute atomic E-state index is 0.701. The van der Waals surface area contributed by atoms with Crippen molar-refractivity contribution in [3.8, 4) is 5.75 Å². The lowest BCUT2D eigenvalue weighted by atomic mass is 9.92. The van der Waals surface area contributed by atoms with Crippen molar-refractivity contribution in [2.24, 2.45) is 16.8 Å². The van der Waals surface area contributed by atoms with Crippen LogP contribution in [-0.2, 0) is 11.3 Å². The van der Waals surface area contributed by atoms with Crippen LogP contribution in [0.4, 0.5) is 0 Å². The lowest BCUT2D eigenvalue weighted by Crippen LogP contribution is -2.48. The number of nitrogens with zero attached hydrogens (tertiary/aromatic N) is 3. The number of nitrogens with one attached hydrogen (secondary N) is 1. The van der Waals surface area contributed by atoms with Gasteiger partial charge in [0.2, 0.25) is 0 Å². The van der Waals surface area contributed by atoms with Crippen molar-refractivity contribution < 1.29 is 9.47 Å². The zero-order valence-corrected chi connectivity index (χ0v) is 17.7. The van der Waals surface area contributed by atoms with E-state index in [1.807, 2.05) is 13.1 Å². The Morgan fingerprint density at radius 2 is 1.89 bits per heavy atom. The molecule has 0 radical (unpaired) electrons. The van der Waals surface area contributed by atoms with E-state index in [0.717, 1.165) is 64.2 Å². The first-order valence-electron chi connectivity index (χ1n) is 10.6. The minimum Gasteiger partial charge on any atom is -0.492 e. The molecular formula is C22H36N4O2. The van der Waals surface area contributed by atoms with Gasteiger partial charge in [-0.2, -0.15) is 0 Å². The normalized spacial score (nSPS) is 24.2. The monoisotopic (exact) mass is 388 g/mol. The van der Waals surface area contributed by atoms with Crippen molar-refractivity contribution in [2.75, 3.05) is 59.6 Å². The molecule has 6 nitrogen and oxygen atoms in total. The first-order valence-corrected chi connectivity index (χ1v) is 10.6. The first-order chi connectivity index (χ1) is 13.7. The lowest BCUT2D eigenvalue weighted by molar-refractivity contribution is 0.0322. The zero-order chi connectivity index (χ0) is 19.8. The van der Waals surface area contributed by atoms with E-state index in [2.05, 4.69) is 52.2 Å². The number of ether oxygens (including phenoxy) is 2. The molecular weight excluding hydrogens is 352 g/mol. The van der Waals surface area contributed by atoms with Gasteiger partial charge in [-0.3, -0.25) is 9.89 Å². The van der Waals surface area contributed by atoms with Gasteiger partial charge in [0.15, 0.2) is 5.96 Å². The number of likely N-dealkylation sites (tertiary alicyclic amines) is 1. The predicted octanol–water partition coefficient (Wildman–Crippen LogP) is 2.45. The summed E-state index contributed by atoms with van der Waals surface area (Å²) in [5.41, 5.74) is 1.17. The standard InChI is InChI=1S/C22H36N4O2/c1-18-14-19(2)17-26(16-18)22(23-3)24-15-20-6-4-5-7-21(20)28-13-10-25-8-11-27-12-9-25/h4-7,18-19H,8-17H2,1-3H3,(H,23,24). The van der Waals surface area contributed by atoms with Crippen LogP contribution in [0.5, 0.6) is 5.75 Å². The average molecular weight is 389 g/mol. The van der Waals surface area contributed by atoms with E-state index in [-0.39, 0.29) is 0 Å². The maximum atomic E-state index is 6.11. The van der Waals surface area contributed by atoms with E-state index in [1.165, 1.54) is 12.0 Å². The average Bonchev–Trinajstić information content (AvgIpc) is 2.69. The maximum absolute atomic E-state index is 6.11. The molecule has 1 N–H and O–H groups in total. The lowest BCUT2D eigenvalue weighted by Gasteiger charge is -2.37. The van der Waals surface area contributed by atoms with Crippen LogP contribution in [0.25, 0.3) is 0 Å². The molecule has 1 aromatic rings. The van der Waals surface area contributed by atoms with Crippen LogP contribution >= 0.6 is 0 Å². The van der Waals surface area contributed by atoms with E-state index in [0.29, 0.717) is 18.4 Å². The first kappa shape index (κ1) is 20.9. The predicted molar refractivity (Wildman–Crippen MR) is 114 cm³/mol. The molecule has 0 spiro atoms. The highest BCUT2D eigenvalue weighted by molar-refractivity contribution is 5.80. The molecule has 0 aliphatic carbocycles. The highest BCUT2D eigenvalue weighted by atomic mass is 16.5. The summed E-state index contributed by atoms with van der Waals surface area (Å²) < 4.78 is 11.5. The van der Waals surface area contributed by atoms with E-state index >= 15 is 0 Å². The Bertz CT molecular complexity index is 621. The second-order valence-electron chi connectivity index (χ2n) is 8.16. The topological polar surface area (TPSA) is 49.3 Å². The Balaban J connectivity index is 1.52. The van der Waals surface area contributed by atoms with Gasteiger partial charge in [0, 0.05) is 51.9 Å². The molecule has 6 heteroatoms. The molecule has 3 rings (SSSR count). The van der Waals surface area contributed by atoms with Gasteiger partial charge in [-0.25, -0.2) is 0 Å². The molecule has 0 aromatic heterocycles. The molecule has 2 aliphatic heterocycles. The number of hydrogen-bond donors (Lipinski definition) is 1. The molecule has 28 heavy (non-hydrogen) atoms. The van der Waals surface area contributed by atoms with Crippen molar-refractivity contribution in [1.29, 1.82) is 0 Å². The van der Waals surface area contributed by atoms with Gasteiger partial charge in [0.25, 0.3) is 0 Å². The van der Waals surface area contributed by atoms with Gasteiger partial charge >= 0.3 is 0 Å². The number of para-hydroxylation sites is 1. The van der Waals surface area contributed by atoms with Gasteiger partial charge < -0.3 is 19.7 Å². The molecule has 2 saturated heterocycles. The number of morpholine rings is 1. The third-order valence-electron chi connectivity index (χ3n) is 5.56. The molecule has 0 bridgehead atoms. The number of aliphatic imine (C=N–C) groups is 1. The van der Waals surface area contributed by atoms with Crippen LogP contribution in [-0.4, -0.2) is 75.4 Å². The fourth-order valence-corrected chi connectivity index (χ4v) is 4.24. The van der Waals surface area contributed by atoms with Crippen LogP contribution in [0.3, 0.4) is 0 Å². The summed E-state index contributed by atoms with van der Waals surface area (Å²) in [6.45, 7) is 12.8. The zero-order valence-electron chi connectivity index (χ0n) is 17.7. The van der Waals surface area contributed by atoms with Crippen molar-refractivity contribution in [3.05, 3.63) is 29.8 Å². The van der Waals surface area contributed by atoms with Crippen LogP contribution in [0.2, 0.25) is 0 Å². The van der Waals surface area contributed by atoms with E-state index < -0.39 is 0 Å². The fraction of sp³-hybridized carbons (Fsp3) is 0.682. The fourth-order valence-electron chi connectivity index (χ4n) is 4.24. The second-order valence-corrected chi connectivity index (χ2v) is 8.16. The molecule has 2 aliphatic rings. The van der Waals surface area contributed by atoms with Crippen molar-refractivity contribution in [2.45, 2.75) is 26.8 Å². The molecule has 0 saturated carbocycles. The van der Waals surface area contributed by atoms with Crippen LogP contribution in [0.1, 0.15) is 25.8 Å². The summed E-state index contributed by atoms with van der Waals surface area (Å²) in [4.78, 5) is 9.30. The van der Waals surface area contributed by atoms with Crippen molar-refractivity contribution >= 4 is 5.96 Å². The quantitative estimate of drug-likeness (QED) is 0.599. The number of hydrogen-bond acceptors (Lipinski definition) is 4. The highest BCUT2D eigenvalue weighted by Gasteiger charge is 2.24. The molecule has 156 valence electrons. The van der Waals surface area contributed by atoms with Crippen molar-refractivity contribution in [1.82, 2.24) is 15.1 Å². The summed E-state index contributed by atoms with van der Waals surface area (Å²) in [5, 5.41) is 3.55. The summed E-state index contributed by atoms with van der Waals surface area (Å²) >= 11 is 0. The Morgan fingerprint density at radius 1 is 1.18 bits per heavy atom. The molecule has 1 aromatic carbocycles. The van der Waals surface area contributed by atoms with Gasteiger partial charge in [0.1, 0.15) is 12.4 Å². The SMILES string of the molecule is CN=C(NCc1ccccc1OCCN1CCOCC1)N1CC(C)CC(C)C1. The van der Waals surface area contributed by atoms with Gasteiger partial charge in [-0.05, 0) is 24.3 Å². The number of piperidine rings is 1. The number of guanidine groups is 1. The smallest absolute Gasteiger partial charge is 0.193 e. The molecule has 2 atom stereocenters. The minimum atomic E-state index is 0.701. The molecule has 0 amide bonds.